The lowest BCUT2D eigenvalue weighted by Gasteiger charge is -2.05. The van der Waals surface area contributed by atoms with Gasteiger partial charge in [-0.05, 0) is 24.6 Å². The van der Waals surface area contributed by atoms with Gasteiger partial charge in [-0.1, -0.05) is 0 Å². The summed E-state index contributed by atoms with van der Waals surface area (Å²) in [4.78, 5) is 16.1. The number of hydrogen-bond acceptors (Lipinski definition) is 3. The molecule has 0 aliphatic heterocycles. The molecule has 0 unspecified atom stereocenters. The largest absolute Gasteiger partial charge is 0.385 e. The quantitative estimate of drug-likeness (QED) is 0.811. The van der Waals surface area contributed by atoms with E-state index in [4.69, 9.17) is 4.74 Å². The smallest absolute Gasteiger partial charge is 0.251 e. The molecule has 1 aromatic carbocycles. The molecule has 5 heteroatoms. The number of aryl methyl sites for hydroxylation is 1. The Hall–Kier alpha value is -1.88. The monoisotopic (exact) mass is 247 g/mol. The van der Waals surface area contributed by atoms with Gasteiger partial charge in [-0.3, -0.25) is 4.79 Å². The molecule has 96 valence electrons. The number of carbonyl (C=O) groups is 1. The molecule has 1 heterocycles. The molecule has 0 atom stereocenters. The SMILES string of the molecule is COCCCNC(=O)c1ccc2c(c1)ncn2C. The lowest BCUT2D eigenvalue weighted by atomic mass is 10.2. The van der Waals surface area contributed by atoms with Crippen LogP contribution in [0.2, 0.25) is 0 Å². The van der Waals surface area contributed by atoms with Crippen LogP contribution >= 0.6 is 0 Å². The van der Waals surface area contributed by atoms with Crippen molar-refractivity contribution in [1.29, 1.82) is 0 Å². The first-order valence-electron chi connectivity index (χ1n) is 5.90. The van der Waals surface area contributed by atoms with Gasteiger partial charge < -0.3 is 14.6 Å². The fourth-order valence-corrected chi connectivity index (χ4v) is 1.80. The van der Waals surface area contributed by atoms with Crippen LogP contribution in [0, 0.1) is 0 Å². The second-order valence-corrected chi connectivity index (χ2v) is 4.16. The number of amides is 1. The molecular formula is C13H17N3O2. The van der Waals surface area contributed by atoms with E-state index in [2.05, 4.69) is 10.3 Å². The van der Waals surface area contributed by atoms with Gasteiger partial charge in [0, 0.05) is 32.9 Å². The maximum absolute atomic E-state index is 11.9. The van der Waals surface area contributed by atoms with E-state index in [0.29, 0.717) is 18.7 Å². The van der Waals surface area contributed by atoms with Crippen molar-refractivity contribution in [1.82, 2.24) is 14.9 Å². The van der Waals surface area contributed by atoms with Crippen molar-refractivity contribution >= 4 is 16.9 Å². The van der Waals surface area contributed by atoms with E-state index < -0.39 is 0 Å². The van der Waals surface area contributed by atoms with E-state index in [1.807, 2.05) is 23.7 Å². The minimum atomic E-state index is -0.0707. The molecule has 0 bridgehead atoms. The Balaban J connectivity index is 2.04. The Kier molecular flexibility index (Phi) is 3.94. The van der Waals surface area contributed by atoms with Gasteiger partial charge in [0.2, 0.25) is 0 Å². The number of hydrogen-bond donors (Lipinski definition) is 1. The summed E-state index contributed by atoms with van der Waals surface area (Å²) < 4.78 is 6.85. The lowest BCUT2D eigenvalue weighted by molar-refractivity contribution is 0.0948. The summed E-state index contributed by atoms with van der Waals surface area (Å²) >= 11 is 0. The molecule has 2 aromatic rings. The van der Waals surface area contributed by atoms with Crippen molar-refractivity contribution in [3.05, 3.63) is 30.1 Å². The molecule has 0 aliphatic rings. The van der Waals surface area contributed by atoms with Crippen LogP contribution in [-0.4, -0.2) is 35.7 Å². The van der Waals surface area contributed by atoms with E-state index in [0.717, 1.165) is 17.5 Å². The summed E-state index contributed by atoms with van der Waals surface area (Å²) in [6.45, 7) is 1.27. The van der Waals surface area contributed by atoms with E-state index in [1.54, 1.807) is 19.5 Å². The summed E-state index contributed by atoms with van der Waals surface area (Å²) in [6, 6.07) is 5.53. The molecule has 0 fully saturated rings. The minimum Gasteiger partial charge on any atom is -0.385 e. The van der Waals surface area contributed by atoms with E-state index in [-0.39, 0.29) is 5.91 Å². The Morgan fingerprint density at radius 3 is 3.11 bits per heavy atom. The van der Waals surface area contributed by atoms with E-state index in [1.165, 1.54) is 0 Å². The van der Waals surface area contributed by atoms with Gasteiger partial charge in [-0.25, -0.2) is 4.98 Å². The fraction of sp³-hybridized carbons (Fsp3) is 0.385. The molecule has 0 spiro atoms. The van der Waals surface area contributed by atoms with Crippen LogP contribution in [0.5, 0.6) is 0 Å². The van der Waals surface area contributed by atoms with Crippen molar-refractivity contribution in [3.8, 4) is 0 Å². The van der Waals surface area contributed by atoms with Crippen LogP contribution in [0.1, 0.15) is 16.8 Å². The third-order valence-electron chi connectivity index (χ3n) is 2.80. The number of carbonyl (C=O) groups excluding carboxylic acids is 1. The summed E-state index contributed by atoms with van der Waals surface area (Å²) in [5, 5.41) is 2.85. The van der Waals surface area contributed by atoms with Crippen LogP contribution in [0.3, 0.4) is 0 Å². The number of methoxy groups -OCH3 is 1. The zero-order valence-electron chi connectivity index (χ0n) is 10.6. The standard InChI is InChI=1S/C13H17N3O2/c1-16-9-15-11-8-10(4-5-12(11)16)13(17)14-6-3-7-18-2/h4-5,8-9H,3,6-7H2,1-2H3,(H,14,17). The highest BCUT2D eigenvalue weighted by Crippen LogP contribution is 2.13. The molecular weight excluding hydrogens is 230 g/mol. The van der Waals surface area contributed by atoms with Gasteiger partial charge >= 0.3 is 0 Å². The molecule has 1 amide bonds. The van der Waals surface area contributed by atoms with Crippen molar-refractivity contribution in [2.24, 2.45) is 7.05 Å². The van der Waals surface area contributed by atoms with Gasteiger partial charge in [0.25, 0.3) is 5.91 Å². The molecule has 0 saturated heterocycles. The Labute approximate surface area is 106 Å². The molecule has 5 nitrogen and oxygen atoms in total. The number of imidazole rings is 1. The molecule has 0 saturated carbocycles. The molecule has 18 heavy (non-hydrogen) atoms. The number of benzene rings is 1. The van der Waals surface area contributed by atoms with Crippen LogP contribution in [-0.2, 0) is 11.8 Å². The average Bonchev–Trinajstić information content (AvgIpc) is 2.76. The predicted molar refractivity (Wildman–Crippen MR) is 69.5 cm³/mol. The number of fused-ring (bicyclic) bond motifs is 1. The second-order valence-electron chi connectivity index (χ2n) is 4.16. The van der Waals surface area contributed by atoms with Crippen LogP contribution in [0.25, 0.3) is 11.0 Å². The zero-order chi connectivity index (χ0) is 13.0. The van der Waals surface area contributed by atoms with Crippen molar-refractivity contribution in [3.63, 3.8) is 0 Å². The Bertz CT molecular complexity index is 548. The summed E-state index contributed by atoms with van der Waals surface area (Å²) in [5.74, 6) is -0.0707. The summed E-state index contributed by atoms with van der Waals surface area (Å²) in [7, 11) is 3.58. The number of nitrogens with zero attached hydrogens (tertiary/aromatic N) is 2. The molecule has 0 radical (unpaired) electrons. The van der Waals surface area contributed by atoms with Gasteiger partial charge in [0.05, 0.1) is 17.4 Å². The van der Waals surface area contributed by atoms with Crippen molar-refractivity contribution < 1.29 is 9.53 Å². The normalized spacial score (nSPS) is 10.8. The second kappa shape index (κ2) is 5.64. The van der Waals surface area contributed by atoms with Crippen LogP contribution < -0.4 is 5.32 Å². The van der Waals surface area contributed by atoms with Crippen molar-refractivity contribution in [2.45, 2.75) is 6.42 Å². The number of nitrogens with one attached hydrogen (secondary N) is 1. The molecule has 1 N–H and O–H groups in total. The molecule has 0 aliphatic carbocycles. The highest BCUT2D eigenvalue weighted by atomic mass is 16.5. The third kappa shape index (κ3) is 2.68. The van der Waals surface area contributed by atoms with Crippen LogP contribution in [0.15, 0.2) is 24.5 Å². The number of rotatable bonds is 5. The summed E-state index contributed by atoms with van der Waals surface area (Å²) in [5.41, 5.74) is 2.49. The van der Waals surface area contributed by atoms with Gasteiger partial charge in [-0.15, -0.1) is 0 Å². The van der Waals surface area contributed by atoms with Gasteiger partial charge in [0.1, 0.15) is 0 Å². The maximum atomic E-state index is 11.9. The predicted octanol–water partition coefficient (Wildman–Crippen LogP) is 1.34. The first-order chi connectivity index (χ1) is 8.72. The number of aromatic nitrogens is 2. The van der Waals surface area contributed by atoms with Gasteiger partial charge in [-0.2, -0.15) is 0 Å². The van der Waals surface area contributed by atoms with Gasteiger partial charge in [0.15, 0.2) is 0 Å². The Morgan fingerprint density at radius 1 is 1.50 bits per heavy atom. The maximum Gasteiger partial charge on any atom is 0.251 e. The molecule has 2 rings (SSSR count). The van der Waals surface area contributed by atoms with Crippen molar-refractivity contribution in [2.75, 3.05) is 20.3 Å². The third-order valence-corrected chi connectivity index (χ3v) is 2.80. The average molecular weight is 247 g/mol. The number of ether oxygens (including phenoxy) is 1. The first-order valence-corrected chi connectivity index (χ1v) is 5.90. The molecule has 1 aromatic heterocycles. The fourth-order valence-electron chi connectivity index (χ4n) is 1.80. The highest BCUT2D eigenvalue weighted by Gasteiger charge is 2.07. The minimum absolute atomic E-state index is 0.0707. The Morgan fingerprint density at radius 2 is 2.33 bits per heavy atom. The summed E-state index contributed by atoms with van der Waals surface area (Å²) in [6.07, 6.45) is 2.55. The van der Waals surface area contributed by atoms with E-state index in [9.17, 15) is 4.79 Å². The topological polar surface area (TPSA) is 56.1 Å². The van der Waals surface area contributed by atoms with Crippen LogP contribution in [0.4, 0.5) is 0 Å². The zero-order valence-corrected chi connectivity index (χ0v) is 10.6. The first kappa shape index (κ1) is 12.6. The lowest BCUT2D eigenvalue weighted by Crippen LogP contribution is -2.25. The van der Waals surface area contributed by atoms with E-state index >= 15 is 0 Å². The highest BCUT2D eigenvalue weighted by molar-refractivity contribution is 5.97.